The fourth-order valence-corrected chi connectivity index (χ4v) is 5.46. The maximum Gasteiger partial charge on any atom is 0.167 e. The Labute approximate surface area is 181 Å². The van der Waals surface area contributed by atoms with Crippen LogP contribution >= 0.6 is 11.8 Å². The predicted molar refractivity (Wildman–Crippen MR) is 128 cm³/mol. The molecule has 0 spiro atoms. The highest BCUT2D eigenvalue weighted by atomic mass is 32.2. The second kappa shape index (κ2) is 8.33. The lowest BCUT2D eigenvalue weighted by molar-refractivity contribution is 0.0923. The van der Waals surface area contributed by atoms with E-state index >= 15 is 0 Å². The summed E-state index contributed by atoms with van der Waals surface area (Å²) in [5.41, 5.74) is 3.22. The van der Waals surface area contributed by atoms with Crippen molar-refractivity contribution in [3.8, 4) is 0 Å². The molecule has 4 aromatic carbocycles. The summed E-state index contributed by atoms with van der Waals surface area (Å²) in [7, 11) is 0. The molecule has 5 rings (SSSR count). The van der Waals surface area contributed by atoms with E-state index in [1.807, 2.05) is 36.4 Å². The Morgan fingerprint density at radius 3 is 2.17 bits per heavy atom. The SMILES string of the molecule is O=C(c1ccc2ccccc2c1)C1CSC(c2ccccc2)=CC1c1ccccc1. The number of benzene rings is 4. The number of hydrogen-bond acceptors (Lipinski definition) is 2. The summed E-state index contributed by atoms with van der Waals surface area (Å²) in [5.74, 6) is 1.00. The first-order valence-corrected chi connectivity index (χ1v) is 11.3. The Hall–Kier alpha value is -3.10. The topological polar surface area (TPSA) is 17.1 Å². The van der Waals surface area contributed by atoms with Crippen molar-refractivity contribution in [1.29, 1.82) is 0 Å². The maximum absolute atomic E-state index is 13.6. The third-order valence-electron chi connectivity index (χ3n) is 5.80. The van der Waals surface area contributed by atoms with Crippen molar-refractivity contribution in [1.82, 2.24) is 0 Å². The molecule has 1 aliphatic rings. The highest BCUT2D eigenvalue weighted by Gasteiger charge is 2.33. The molecule has 2 heteroatoms. The molecule has 1 nitrogen and oxygen atoms in total. The lowest BCUT2D eigenvalue weighted by atomic mass is 9.81. The Balaban J connectivity index is 1.54. The smallest absolute Gasteiger partial charge is 0.167 e. The third kappa shape index (κ3) is 3.71. The first kappa shape index (κ1) is 18.9. The van der Waals surface area contributed by atoms with Gasteiger partial charge in [0.25, 0.3) is 0 Å². The molecule has 146 valence electrons. The van der Waals surface area contributed by atoms with Gasteiger partial charge in [0.05, 0.1) is 0 Å². The summed E-state index contributed by atoms with van der Waals surface area (Å²) >= 11 is 1.79. The zero-order valence-electron chi connectivity index (χ0n) is 16.6. The fraction of sp³-hybridized carbons (Fsp3) is 0.107. The minimum atomic E-state index is -0.0778. The van der Waals surface area contributed by atoms with Crippen LogP contribution in [-0.2, 0) is 0 Å². The highest BCUT2D eigenvalue weighted by molar-refractivity contribution is 8.08. The van der Waals surface area contributed by atoms with Gasteiger partial charge in [-0.2, -0.15) is 0 Å². The summed E-state index contributed by atoms with van der Waals surface area (Å²) in [6.07, 6.45) is 2.29. The fourth-order valence-electron chi connectivity index (χ4n) is 4.19. The number of fused-ring (bicyclic) bond motifs is 1. The highest BCUT2D eigenvalue weighted by Crippen LogP contribution is 2.43. The minimum Gasteiger partial charge on any atom is -0.294 e. The Morgan fingerprint density at radius 1 is 0.733 bits per heavy atom. The zero-order chi connectivity index (χ0) is 20.3. The average Bonchev–Trinajstić information content (AvgIpc) is 2.84. The molecule has 0 amide bonds. The number of carbonyl (C=O) groups excluding carboxylic acids is 1. The first-order valence-electron chi connectivity index (χ1n) is 10.3. The van der Waals surface area contributed by atoms with Crippen molar-refractivity contribution in [2.24, 2.45) is 5.92 Å². The minimum absolute atomic E-state index is 0.0710. The lowest BCUT2D eigenvalue weighted by Crippen LogP contribution is -2.26. The quantitative estimate of drug-likeness (QED) is 0.333. The van der Waals surface area contributed by atoms with Crippen LogP contribution in [0.1, 0.15) is 27.4 Å². The van der Waals surface area contributed by atoms with Crippen molar-refractivity contribution in [3.63, 3.8) is 0 Å². The molecule has 2 unspecified atom stereocenters. The number of ketones is 1. The molecule has 0 radical (unpaired) electrons. The van der Waals surface area contributed by atoms with Crippen LogP contribution in [0.2, 0.25) is 0 Å². The predicted octanol–water partition coefficient (Wildman–Crippen LogP) is 7.21. The first-order chi connectivity index (χ1) is 14.8. The molecule has 0 saturated carbocycles. The maximum atomic E-state index is 13.6. The molecular weight excluding hydrogens is 384 g/mol. The Kier molecular flexibility index (Phi) is 5.25. The molecule has 1 aliphatic heterocycles. The summed E-state index contributed by atoms with van der Waals surface area (Å²) in [6.45, 7) is 0. The molecule has 0 bridgehead atoms. The van der Waals surface area contributed by atoms with Crippen LogP contribution in [0, 0.1) is 5.92 Å². The molecule has 0 aliphatic carbocycles. The van der Waals surface area contributed by atoms with Gasteiger partial charge in [0.1, 0.15) is 0 Å². The number of Topliss-reactive ketones (excluding diaryl/α,β-unsaturated/α-hetero) is 1. The lowest BCUT2D eigenvalue weighted by Gasteiger charge is -2.30. The van der Waals surface area contributed by atoms with Gasteiger partial charge >= 0.3 is 0 Å². The van der Waals surface area contributed by atoms with E-state index in [-0.39, 0.29) is 17.6 Å². The molecular formula is C28H22OS. The molecule has 0 saturated heterocycles. The second-order valence-corrected chi connectivity index (χ2v) is 8.74. The van der Waals surface area contributed by atoms with Gasteiger partial charge in [-0.15, -0.1) is 11.8 Å². The van der Waals surface area contributed by atoms with E-state index in [0.29, 0.717) is 0 Å². The van der Waals surface area contributed by atoms with Crippen molar-refractivity contribution in [2.45, 2.75) is 5.92 Å². The van der Waals surface area contributed by atoms with Gasteiger partial charge in [0.15, 0.2) is 5.78 Å². The summed E-state index contributed by atoms with van der Waals surface area (Å²) in [6, 6.07) is 35.2. The van der Waals surface area contributed by atoms with E-state index in [2.05, 4.69) is 72.8 Å². The van der Waals surface area contributed by atoms with Crippen LogP contribution in [0.4, 0.5) is 0 Å². The molecule has 0 N–H and O–H groups in total. The zero-order valence-corrected chi connectivity index (χ0v) is 17.4. The largest absolute Gasteiger partial charge is 0.294 e. The number of allylic oxidation sites excluding steroid dienone is 1. The molecule has 30 heavy (non-hydrogen) atoms. The van der Waals surface area contributed by atoms with Gasteiger partial charge in [0.2, 0.25) is 0 Å². The van der Waals surface area contributed by atoms with Crippen LogP contribution < -0.4 is 0 Å². The van der Waals surface area contributed by atoms with E-state index in [0.717, 1.165) is 22.1 Å². The number of rotatable bonds is 4. The van der Waals surface area contributed by atoms with Crippen LogP contribution in [0.15, 0.2) is 109 Å². The van der Waals surface area contributed by atoms with E-state index in [4.69, 9.17) is 0 Å². The van der Waals surface area contributed by atoms with Crippen molar-refractivity contribution < 1.29 is 4.79 Å². The molecule has 0 aromatic heterocycles. The summed E-state index contributed by atoms with van der Waals surface area (Å²) < 4.78 is 0. The van der Waals surface area contributed by atoms with Crippen molar-refractivity contribution >= 4 is 33.2 Å². The van der Waals surface area contributed by atoms with Crippen LogP contribution in [-0.4, -0.2) is 11.5 Å². The van der Waals surface area contributed by atoms with E-state index in [9.17, 15) is 4.79 Å². The molecule has 4 aromatic rings. The summed E-state index contributed by atoms with van der Waals surface area (Å²) in [4.78, 5) is 14.9. The number of hydrogen-bond donors (Lipinski definition) is 0. The Bertz CT molecular complexity index is 1210. The van der Waals surface area contributed by atoms with Crippen LogP contribution in [0.5, 0.6) is 0 Å². The number of thioether (sulfide) groups is 1. The standard InChI is InChI=1S/C28H22OS/c29-28(24-16-15-20-9-7-8-14-23(20)17-24)26-19-30-27(22-12-5-2-6-13-22)18-25(26)21-10-3-1-4-11-21/h1-18,25-26H,19H2. The molecule has 2 atom stereocenters. The summed E-state index contributed by atoms with van der Waals surface area (Å²) in [5, 5.41) is 2.28. The third-order valence-corrected chi connectivity index (χ3v) is 7.00. The van der Waals surface area contributed by atoms with Crippen molar-refractivity contribution in [2.75, 3.05) is 5.75 Å². The van der Waals surface area contributed by atoms with Gasteiger partial charge in [-0.25, -0.2) is 0 Å². The van der Waals surface area contributed by atoms with Gasteiger partial charge in [-0.1, -0.05) is 103 Å². The van der Waals surface area contributed by atoms with Crippen LogP contribution in [0.25, 0.3) is 15.7 Å². The van der Waals surface area contributed by atoms with Gasteiger partial charge in [-0.3, -0.25) is 4.79 Å². The Morgan fingerprint density at radius 2 is 1.40 bits per heavy atom. The van der Waals surface area contributed by atoms with Crippen molar-refractivity contribution in [3.05, 3.63) is 126 Å². The molecule has 0 fully saturated rings. The van der Waals surface area contributed by atoms with E-state index < -0.39 is 0 Å². The van der Waals surface area contributed by atoms with E-state index in [1.54, 1.807) is 11.8 Å². The second-order valence-electron chi connectivity index (χ2n) is 7.68. The van der Waals surface area contributed by atoms with Gasteiger partial charge in [-0.05, 0) is 28.0 Å². The van der Waals surface area contributed by atoms with Crippen LogP contribution in [0.3, 0.4) is 0 Å². The van der Waals surface area contributed by atoms with Gasteiger partial charge < -0.3 is 0 Å². The monoisotopic (exact) mass is 406 g/mol. The average molecular weight is 407 g/mol. The normalized spacial score (nSPS) is 18.7. The molecule has 1 heterocycles. The van der Waals surface area contributed by atoms with E-state index in [1.165, 1.54) is 16.0 Å². The number of carbonyl (C=O) groups is 1. The van der Waals surface area contributed by atoms with Gasteiger partial charge in [0, 0.05) is 28.1 Å².